The summed E-state index contributed by atoms with van der Waals surface area (Å²) in [5.74, 6) is -0.301. The highest BCUT2D eigenvalue weighted by atomic mass is 32.1. The molecule has 2 heterocycles. The van der Waals surface area contributed by atoms with Crippen LogP contribution < -0.4 is 0 Å². The Hall–Kier alpha value is -3.32. The number of carbonyl (C=O) groups is 1. The molecule has 0 unspecified atom stereocenters. The Balaban J connectivity index is 1.07. The highest BCUT2D eigenvalue weighted by Crippen LogP contribution is 2.47. The number of amides is 1. The summed E-state index contributed by atoms with van der Waals surface area (Å²) in [5, 5.41) is 0.249. The van der Waals surface area contributed by atoms with Crippen molar-refractivity contribution in [1.29, 1.82) is 0 Å². The maximum Gasteiger partial charge on any atom is 0.267 e. The molecule has 3 aromatic rings. The van der Waals surface area contributed by atoms with E-state index in [-0.39, 0.29) is 28.8 Å². The average Bonchev–Trinajstić information content (AvgIpc) is 3.70. The zero-order valence-corrected chi connectivity index (χ0v) is 29.0. The quantitative estimate of drug-likeness (QED) is 0.0825. The van der Waals surface area contributed by atoms with Gasteiger partial charge < -0.3 is 14.2 Å². The second kappa shape index (κ2) is 17.2. The van der Waals surface area contributed by atoms with Gasteiger partial charge in [-0.2, -0.15) is 0 Å². The molecular weight excluding hydrogens is 603 g/mol. The molecule has 6 heteroatoms. The van der Waals surface area contributed by atoms with Gasteiger partial charge in [0, 0.05) is 30.4 Å². The van der Waals surface area contributed by atoms with E-state index in [1.54, 1.807) is 4.90 Å². The Morgan fingerprint density at radius 3 is 1.94 bits per heavy atom. The number of rotatable bonds is 17. The van der Waals surface area contributed by atoms with E-state index in [1.165, 1.54) is 5.56 Å². The van der Waals surface area contributed by atoms with Gasteiger partial charge in [0.15, 0.2) is 11.4 Å². The summed E-state index contributed by atoms with van der Waals surface area (Å²) in [4.78, 5) is 15.4. The third-order valence-corrected chi connectivity index (χ3v) is 9.79. The van der Waals surface area contributed by atoms with Crippen LogP contribution in [-0.4, -0.2) is 41.0 Å². The van der Waals surface area contributed by atoms with Gasteiger partial charge in [-0.1, -0.05) is 130 Å². The molecular formula is C41H51NO4S. The number of thiocarbonyl (C=S) groups is 1. The van der Waals surface area contributed by atoms with Crippen molar-refractivity contribution in [3.8, 4) is 0 Å². The molecule has 0 aliphatic carbocycles. The Bertz CT molecular complexity index is 1380. The van der Waals surface area contributed by atoms with Crippen molar-refractivity contribution in [2.24, 2.45) is 5.92 Å². The summed E-state index contributed by atoms with van der Waals surface area (Å²) in [6, 6.07) is 30.8. The molecule has 5 rings (SSSR count). The summed E-state index contributed by atoms with van der Waals surface area (Å²) in [6.07, 6.45) is 15.2. The Labute approximate surface area is 287 Å². The lowest BCUT2D eigenvalue weighted by Crippen LogP contribution is -2.49. The minimum Gasteiger partial charge on any atom is -0.452 e. The first kappa shape index (κ1) is 35.0. The van der Waals surface area contributed by atoms with Gasteiger partial charge in [-0.25, -0.2) is 0 Å². The molecule has 0 aromatic heterocycles. The van der Waals surface area contributed by atoms with E-state index in [0.29, 0.717) is 19.6 Å². The number of allylic oxidation sites excluding steroid dienone is 1. The first-order chi connectivity index (χ1) is 23.0. The number of nitrogens with zero attached hydrogens (tertiary/aromatic N) is 1. The second-order valence-electron chi connectivity index (χ2n) is 13.2. The first-order valence-electron chi connectivity index (χ1n) is 17.6. The predicted octanol–water partition coefficient (Wildman–Crippen LogP) is 9.54. The van der Waals surface area contributed by atoms with Crippen LogP contribution in [0, 0.1) is 5.92 Å². The Morgan fingerprint density at radius 2 is 1.34 bits per heavy atom. The van der Waals surface area contributed by atoms with Gasteiger partial charge >= 0.3 is 0 Å². The molecule has 1 atom stereocenters. The molecule has 2 saturated heterocycles. The Morgan fingerprint density at radius 1 is 0.787 bits per heavy atom. The van der Waals surface area contributed by atoms with Crippen LogP contribution in [0.2, 0.25) is 0 Å². The smallest absolute Gasteiger partial charge is 0.267 e. The molecule has 250 valence electrons. The molecule has 5 nitrogen and oxygen atoms in total. The predicted molar refractivity (Wildman–Crippen MR) is 193 cm³/mol. The maximum atomic E-state index is 13.7. The fourth-order valence-electron chi connectivity index (χ4n) is 7.25. The van der Waals surface area contributed by atoms with Gasteiger partial charge in [0.05, 0.1) is 19.3 Å². The monoisotopic (exact) mass is 653 g/mol. The fraction of sp³-hybridized carbons (Fsp3) is 0.463. The van der Waals surface area contributed by atoms with E-state index in [2.05, 4.69) is 74.5 Å². The normalized spacial score (nSPS) is 18.7. The van der Waals surface area contributed by atoms with E-state index in [4.69, 9.17) is 26.4 Å². The minimum absolute atomic E-state index is 0.0238. The minimum atomic E-state index is -0.859. The molecule has 0 bridgehead atoms. The lowest BCUT2D eigenvalue weighted by molar-refractivity contribution is -0.168. The van der Waals surface area contributed by atoms with Crippen LogP contribution >= 0.6 is 12.2 Å². The van der Waals surface area contributed by atoms with Crippen LogP contribution in [0.15, 0.2) is 103 Å². The van der Waals surface area contributed by atoms with Crippen molar-refractivity contribution >= 4 is 23.3 Å². The molecule has 2 aliphatic rings. The lowest BCUT2D eigenvalue weighted by atomic mass is 9.75. The number of carbonyl (C=O) groups excluding carboxylic acids is 1. The van der Waals surface area contributed by atoms with Crippen molar-refractivity contribution in [2.45, 2.75) is 102 Å². The summed E-state index contributed by atoms with van der Waals surface area (Å²) >= 11 is 5.76. The molecule has 3 aromatic carbocycles. The average molecular weight is 654 g/mol. The Kier molecular flexibility index (Phi) is 12.8. The van der Waals surface area contributed by atoms with Gasteiger partial charge in [-0.05, 0) is 62.2 Å². The molecule has 1 amide bonds. The summed E-state index contributed by atoms with van der Waals surface area (Å²) in [5.41, 5.74) is 2.54. The summed E-state index contributed by atoms with van der Waals surface area (Å²) < 4.78 is 18.8. The molecule has 0 spiro atoms. The van der Waals surface area contributed by atoms with Crippen molar-refractivity contribution in [3.63, 3.8) is 0 Å². The third kappa shape index (κ3) is 8.78. The zero-order chi connectivity index (χ0) is 33.0. The number of ether oxygens (including phenoxy) is 3. The lowest BCUT2D eigenvalue weighted by Gasteiger charge is -2.38. The molecule has 47 heavy (non-hydrogen) atoms. The second-order valence-corrected chi connectivity index (χ2v) is 13.6. The number of benzene rings is 3. The highest BCUT2D eigenvalue weighted by Gasteiger charge is 2.57. The van der Waals surface area contributed by atoms with Gasteiger partial charge in [0.25, 0.3) is 5.17 Å². The van der Waals surface area contributed by atoms with E-state index in [1.807, 2.05) is 42.5 Å². The van der Waals surface area contributed by atoms with Crippen molar-refractivity contribution in [3.05, 3.63) is 120 Å². The summed E-state index contributed by atoms with van der Waals surface area (Å²) in [6.45, 7) is 5.68. The van der Waals surface area contributed by atoms with Crippen LogP contribution in [0.4, 0.5) is 0 Å². The van der Waals surface area contributed by atoms with Crippen LogP contribution in [0.3, 0.4) is 0 Å². The SMILES string of the molecule is CC(C)[C@@H]1N(C(=O)CC=CCCCCCCC2(CCCCc3ccccc3)OCCO2)C(=S)OC1(c1ccccc1)c1ccccc1. The molecule has 0 radical (unpaired) electrons. The summed E-state index contributed by atoms with van der Waals surface area (Å²) in [7, 11) is 0. The first-order valence-corrected chi connectivity index (χ1v) is 18.0. The topological polar surface area (TPSA) is 48.0 Å². The van der Waals surface area contributed by atoms with Gasteiger partial charge in [-0.15, -0.1) is 0 Å². The highest BCUT2D eigenvalue weighted by molar-refractivity contribution is 7.80. The maximum absolute atomic E-state index is 13.7. The van der Waals surface area contributed by atoms with E-state index < -0.39 is 5.60 Å². The van der Waals surface area contributed by atoms with Crippen molar-refractivity contribution in [1.82, 2.24) is 4.90 Å². The molecule has 2 aliphatic heterocycles. The standard InChI is InChI=1S/C41H51NO4S/c1-33(2)38-41(35-24-13-9-14-25-35,36-26-15-10-16-27-36)46-39(47)42(38)37(43)28-17-6-4-3-5-7-19-29-40(44-31-32-45-40)30-20-18-23-34-21-11-8-12-22-34/h6,8-17,21-22,24-27,33,38H,3-5,7,18-20,23,28-32H2,1-2H3/t38-/m0/s1. The number of aryl methyl sites for hydroxylation is 1. The zero-order valence-electron chi connectivity index (χ0n) is 28.2. The third-order valence-electron chi connectivity index (χ3n) is 9.51. The van der Waals surface area contributed by atoms with Crippen molar-refractivity contribution < 1.29 is 19.0 Å². The van der Waals surface area contributed by atoms with E-state index in [9.17, 15) is 4.79 Å². The number of hydrogen-bond acceptors (Lipinski definition) is 5. The number of hydrogen-bond donors (Lipinski definition) is 0. The van der Waals surface area contributed by atoms with Crippen LogP contribution in [0.5, 0.6) is 0 Å². The van der Waals surface area contributed by atoms with Crippen molar-refractivity contribution in [2.75, 3.05) is 13.2 Å². The molecule has 2 fully saturated rings. The fourth-order valence-corrected chi connectivity index (χ4v) is 7.60. The van der Waals surface area contributed by atoms with E-state index >= 15 is 0 Å². The molecule has 0 saturated carbocycles. The number of unbranched alkanes of at least 4 members (excludes halogenated alkanes) is 5. The van der Waals surface area contributed by atoms with E-state index in [0.717, 1.165) is 75.3 Å². The van der Waals surface area contributed by atoms with Crippen LogP contribution in [0.1, 0.15) is 94.7 Å². The molecule has 0 N–H and O–H groups in total. The van der Waals surface area contributed by atoms with Gasteiger partial charge in [0.2, 0.25) is 5.91 Å². The van der Waals surface area contributed by atoms with Gasteiger partial charge in [0.1, 0.15) is 0 Å². The van der Waals surface area contributed by atoms with Crippen LogP contribution in [-0.2, 0) is 31.0 Å². The largest absolute Gasteiger partial charge is 0.452 e. The van der Waals surface area contributed by atoms with Gasteiger partial charge in [-0.3, -0.25) is 9.69 Å². The van der Waals surface area contributed by atoms with Crippen LogP contribution in [0.25, 0.3) is 0 Å².